The van der Waals surface area contributed by atoms with Crippen molar-refractivity contribution < 1.29 is 13.2 Å². The summed E-state index contributed by atoms with van der Waals surface area (Å²) >= 11 is 0. The van der Waals surface area contributed by atoms with Crippen LogP contribution in [-0.4, -0.2) is 30.0 Å². The third-order valence-corrected chi connectivity index (χ3v) is 4.23. The van der Waals surface area contributed by atoms with Crippen LogP contribution in [0.1, 0.15) is 23.2 Å². The Morgan fingerprint density at radius 1 is 1.25 bits per heavy atom. The lowest BCUT2D eigenvalue weighted by molar-refractivity contribution is -0.136. The lowest BCUT2D eigenvalue weighted by Crippen LogP contribution is -2.33. The first kappa shape index (κ1) is 13.5. The van der Waals surface area contributed by atoms with Gasteiger partial charge in [0.25, 0.3) is 0 Å². The summed E-state index contributed by atoms with van der Waals surface area (Å²) in [5.41, 5.74) is 1.70. The predicted octanol–water partition coefficient (Wildman–Crippen LogP) is 3.61. The molecule has 1 atom stereocenters. The van der Waals surface area contributed by atoms with Crippen LogP contribution >= 0.6 is 0 Å². The number of para-hydroxylation sites is 1. The van der Waals surface area contributed by atoms with Gasteiger partial charge in [-0.05, 0) is 45.0 Å². The van der Waals surface area contributed by atoms with E-state index in [2.05, 4.69) is 9.88 Å². The van der Waals surface area contributed by atoms with Crippen molar-refractivity contribution in [3.63, 3.8) is 0 Å². The number of rotatable bonds is 1. The van der Waals surface area contributed by atoms with Gasteiger partial charge in [0.15, 0.2) is 0 Å². The normalized spacial score (nSPS) is 19.6. The number of hydrogen-bond acceptors (Lipinski definition) is 1. The van der Waals surface area contributed by atoms with Gasteiger partial charge in [-0.2, -0.15) is 13.2 Å². The summed E-state index contributed by atoms with van der Waals surface area (Å²) in [4.78, 5) is 5.16. The van der Waals surface area contributed by atoms with Crippen LogP contribution in [0.3, 0.4) is 0 Å². The second kappa shape index (κ2) is 4.52. The molecule has 0 amide bonds. The zero-order valence-electron chi connectivity index (χ0n) is 11.5. The largest absolute Gasteiger partial charge is 0.418 e. The van der Waals surface area contributed by atoms with Crippen molar-refractivity contribution in [3.8, 4) is 0 Å². The molecule has 1 aliphatic rings. The molecule has 0 aliphatic heterocycles. The summed E-state index contributed by atoms with van der Waals surface area (Å²) in [5.74, 6) is 0. The number of H-pyrrole nitrogens is 1. The van der Waals surface area contributed by atoms with Crippen molar-refractivity contribution in [1.29, 1.82) is 0 Å². The van der Waals surface area contributed by atoms with E-state index in [0.717, 1.165) is 42.0 Å². The number of nitrogens with one attached hydrogen (secondary N) is 1. The van der Waals surface area contributed by atoms with Crippen LogP contribution in [0, 0.1) is 0 Å². The number of aromatic amines is 1. The summed E-state index contributed by atoms with van der Waals surface area (Å²) in [6, 6.07) is 4.83. The fourth-order valence-corrected chi connectivity index (χ4v) is 3.10. The van der Waals surface area contributed by atoms with E-state index in [0.29, 0.717) is 6.04 Å². The maximum absolute atomic E-state index is 13.1. The molecule has 0 fully saturated rings. The van der Waals surface area contributed by atoms with Gasteiger partial charge >= 0.3 is 6.18 Å². The number of halogens is 3. The molecule has 1 aromatic heterocycles. The van der Waals surface area contributed by atoms with E-state index < -0.39 is 11.7 Å². The average molecular weight is 282 g/mol. The van der Waals surface area contributed by atoms with Gasteiger partial charge < -0.3 is 9.88 Å². The van der Waals surface area contributed by atoms with Crippen molar-refractivity contribution in [1.82, 2.24) is 9.88 Å². The Hall–Kier alpha value is -1.49. The summed E-state index contributed by atoms with van der Waals surface area (Å²) < 4.78 is 39.2. The van der Waals surface area contributed by atoms with Crippen LogP contribution in [0.5, 0.6) is 0 Å². The van der Waals surface area contributed by atoms with Gasteiger partial charge in [0, 0.05) is 17.1 Å². The van der Waals surface area contributed by atoms with Gasteiger partial charge in [0.05, 0.1) is 11.1 Å². The van der Waals surface area contributed by atoms with E-state index in [1.807, 2.05) is 14.1 Å². The monoisotopic (exact) mass is 282 g/mol. The first-order chi connectivity index (χ1) is 9.38. The topological polar surface area (TPSA) is 19.0 Å². The SMILES string of the molecule is CN(C)[C@H]1CCc2[nH]c3c(C(F)(F)F)cccc3c2C1. The molecule has 2 nitrogen and oxygen atoms in total. The summed E-state index contributed by atoms with van der Waals surface area (Å²) in [5, 5.41) is 0.723. The molecule has 1 aliphatic carbocycles. The highest BCUT2D eigenvalue weighted by Crippen LogP contribution is 2.38. The minimum Gasteiger partial charge on any atom is -0.358 e. The van der Waals surface area contributed by atoms with Crippen LogP contribution in [0.25, 0.3) is 10.9 Å². The van der Waals surface area contributed by atoms with Crippen LogP contribution in [-0.2, 0) is 19.0 Å². The van der Waals surface area contributed by atoms with Gasteiger partial charge in [-0.25, -0.2) is 0 Å². The predicted molar refractivity (Wildman–Crippen MR) is 72.8 cm³/mol. The fourth-order valence-electron chi connectivity index (χ4n) is 3.10. The Morgan fingerprint density at radius 2 is 2.00 bits per heavy atom. The lowest BCUT2D eigenvalue weighted by atomic mass is 9.90. The maximum atomic E-state index is 13.1. The zero-order valence-corrected chi connectivity index (χ0v) is 11.5. The van der Waals surface area contributed by atoms with Gasteiger partial charge in [0.1, 0.15) is 0 Å². The highest BCUT2D eigenvalue weighted by molar-refractivity contribution is 5.88. The summed E-state index contributed by atoms with van der Waals surface area (Å²) in [6.45, 7) is 0. The third-order valence-electron chi connectivity index (χ3n) is 4.23. The van der Waals surface area contributed by atoms with Gasteiger partial charge in [-0.15, -0.1) is 0 Å². The molecular formula is C15H17F3N2. The molecule has 5 heteroatoms. The second-order valence-electron chi connectivity index (χ2n) is 5.67. The fraction of sp³-hybridized carbons (Fsp3) is 0.467. The molecule has 0 radical (unpaired) electrons. The molecule has 0 spiro atoms. The smallest absolute Gasteiger partial charge is 0.358 e. The third kappa shape index (κ3) is 2.10. The first-order valence-corrected chi connectivity index (χ1v) is 6.74. The van der Waals surface area contributed by atoms with Crippen LogP contribution in [0.4, 0.5) is 13.2 Å². The van der Waals surface area contributed by atoms with Crippen LogP contribution < -0.4 is 0 Å². The number of aromatic nitrogens is 1. The standard InChI is InChI=1S/C15H17F3N2/c1-20(2)9-6-7-13-11(8-9)10-4-3-5-12(14(10)19-13)15(16,17)18/h3-5,9,19H,6-8H2,1-2H3/t9-/m0/s1. The van der Waals surface area contributed by atoms with Crippen molar-refractivity contribution in [2.45, 2.75) is 31.5 Å². The Labute approximate surface area is 115 Å². The van der Waals surface area contributed by atoms with Crippen molar-refractivity contribution >= 4 is 10.9 Å². The van der Waals surface area contributed by atoms with Crippen molar-refractivity contribution in [2.75, 3.05) is 14.1 Å². The Kier molecular flexibility index (Phi) is 3.05. The molecule has 0 bridgehead atoms. The van der Waals surface area contributed by atoms with E-state index in [1.54, 1.807) is 6.07 Å². The van der Waals surface area contributed by atoms with Crippen LogP contribution in [0.2, 0.25) is 0 Å². The number of aryl methyl sites for hydroxylation is 1. The molecule has 0 saturated heterocycles. The number of alkyl halides is 3. The van der Waals surface area contributed by atoms with Gasteiger partial charge in [0.2, 0.25) is 0 Å². The molecule has 20 heavy (non-hydrogen) atoms. The number of nitrogens with zero attached hydrogens (tertiary/aromatic N) is 1. The minimum atomic E-state index is -4.31. The number of benzene rings is 1. The Balaban J connectivity index is 2.14. The van der Waals surface area contributed by atoms with E-state index >= 15 is 0 Å². The van der Waals surface area contributed by atoms with E-state index in [4.69, 9.17) is 0 Å². The molecule has 1 aromatic carbocycles. The summed E-state index contributed by atoms with van der Waals surface area (Å²) in [7, 11) is 4.04. The summed E-state index contributed by atoms with van der Waals surface area (Å²) in [6.07, 6.45) is -1.71. The van der Waals surface area contributed by atoms with E-state index in [-0.39, 0.29) is 5.52 Å². The maximum Gasteiger partial charge on any atom is 0.418 e. The number of likely N-dealkylation sites (N-methyl/N-ethyl adjacent to an activating group) is 1. The molecule has 1 N–H and O–H groups in total. The molecule has 3 rings (SSSR count). The Morgan fingerprint density at radius 3 is 2.65 bits per heavy atom. The first-order valence-electron chi connectivity index (χ1n) is 6.74. The minimum absolute atomic E-state index is 0.240. The van der Waals surface area contributed by atoms with Crippen molar-refractivity contribution in [3.05, 3.63) is 35.0 Å². The number of fused-ring (bicyclic) bond motifs is 3. The average Bonchev–Trinajstić information content (AvgIpc) is 2.74. The van der Waals surface area contributed by atoms with Gasteiger partial charge in [-0.1, -0.05) is 12.1 Å². The molecular weight excluding hydrogens is 265 g/mol. The Bertz CT molecular complexity index is 640. The molecule has 0 unspecified atom stereocenters. The number of hydrogen-bond donors (Lipinski definition) is 1. The highest BCUT2D eigenvalue weighted by Gasteiger charge is 2.34. The molecule has 0 saturated carbocycles. The molecule has 1 heterocycles. The van der Waals surface area contributed by atoms with Crippen LogP contribution in [0.15, 0.2) is 18.2 Å². The zero-order chi connectivity index (χ0) is 14.5. The van der Waals surface area contributed by atoms with E-state index in [9.17, 15) is 13.2 Å². The van der Waals surface area contributed by atoms with Crippen molar-refractivity contribution in [2.24, 2.45) is 0 Å². The highest BCUT2D eigenvalue weighted by atomic mass is 19.4. The van der Waals surface area contributed by atoms with E-state index in [1.165, 1.54) is 6.07 Å². The second-order valence-corrected chi connectivity index (χ2v) is 5.67. The lowest BCUT2D eigenvalue weighted by Gasteiger charge is -2.28. The quantitative estimate of drug-likeness (QED) is 0.846. The van der Waals surface area contributed by atoms with Gasteiger partial charge in [-0.3, -0.25) is 0 Å². The molecule has 108 valence electrons. The molecule has 2 aromatic rings.